The molecule has 100 valence electrons. The number of pyridine rings is 1. The molecule has 0 aliphatic heterocycles. The lowest BCUT2D eigenvalue weighted by atomic mass is 10.1. The fourth-order valence-electron chi connectivity index (χ4n) is 1.96. The summed E-state index contributed by atoms with van der Waals surface area (Å²) in [6.45, 7) is 2.68. The van der Waals surface area contributed by atoms with E-state index in [1.165, 1.54) is 6.07 Å². The second kappa shape index (κ2) is 6.29. The lowest BCUT2D eigenvalue weighted by molar-refractivity contribution is 0.447. The first kappa shape index (κ1) is 13.5. The zero-order valence-electron chi connectivity index (χ0n) is 10.8. The number of nitrogens with zero attached hydrogens (tertiary/aromatic N) is 1. The molecule has 0 saturated heterocycles. The van der Waals surface area contributed by atoms with Crippen LogP contribution in [0.5, 0.6) is 5.75 Å². The first-order valence-corrected chi connectivity index (χ1v) is 6.28. The minimum atomic E-state index is -0.429. The van der Waals surface area contributed by atoms with Gasteiger partial charge in [-0.05, 0) is 25.1 Å². The second-order valence-electron chi connectivity index (χ2n) is 4.45. The monoisotopic (exact) mass is 260 g/mol. The van der Waals surface area contributed by atoms with Crippen molar-refractivity contribution in [1.29, 1.82) is 0 Å². The molecule has 0 amide bonds. The Morgan fingerprint density at radius 2 is 2.16 bits per heavy atom. The number of hydrogen-bond donors (Lipinski definition) is 2. The maximum Gasteiger partial charge on any atom is 0.126 e. The minimum absolute atomic E-state index is 0.0159. The number of aromatic nitrogens is 1. The molecular weight excluding hydrogens is 243 g/mol. The lowest BCUT2D eigenvalue weighted by Crippen LogP contribution is -2.21. The van der Waals surface area contributed by atoms with Crippen LogP contribution < -0.4 is 5.32 Å². The summed E-state index contributed by atoms with van der Waals surface area (Å²) in [5.41, 5.74) is 1.72. The molecule has 2 rings (SSSR count). The van der Waals surface area contributed by atoms with E-state index in [0.717, 1.165) is 24.7 Å². The molecular formula is C15H17FN2O. The van der Waals surface area contributed by atoms with Gasteiger partial charge in [-0.1, -0.05) is 12.1 Å². The van der Waals surface area contributed by atoms with Gasteiger partial charge in [-0.25, -0.2) is 4.39 Å². The summed E-state index contributed by atoms with van der Waals surface area (Å²) < 4.78 is 12.9. The van der Waals surface area contributed by atoms with Crippen molar-refractivity contribution in [1.82, 2.24) is 10.3 Å². The molecule has 0 fully saturated rings. The fraction of sp³-hybridized carbons (Fsp3) is 0.267. The van der Waals surface area contributed by atoms with Crippen LogP contribution >= 0.6 is 0 Å². The van der Waals surface area contributed by atoms with E-state index in [1.54, 1.807) is 12.3 Å². The Morgan fingerprint density at radius 1 is 1.32 bits per heavy atom. The third kappa shape index (κ3) is 3.76. The number of phenols is 1. The number of nitrogens with one attached hydrogen (secondary N) is 1. The van der Waals surface area contributed by atoms with Crippen LogP contribution in [0.1, 0.15) is 24.2 Å². The summed E-state index contributed by atoms with van der Waals surface area (Å²) in [4.78, 5) is 4.24. The van der Waals surface area contributed by atoms with E-state index >= 15 is 0 Å². The first-order chi connectivity index (χ1) is 9.16. The number of rotatable bonds is 5. The Labute approximate surface area is 112 Å². The highest BCUT2D eigenvalue weighted by Gasteiger charge is 2.10. The van der Waals surface area contributed by atoms with Crippen molar-refractivity contribution in [3.63, 3.8) is 0 Å². The summed E-state index contributed by atoms with van der Waals surface area (Å²) in [6.07, 6.45) is 2.58. The van der Waals surface area contributed by atoms with Crippen molar-refractivity contribution >= 4 is 0 Å². The molecule has 4 heteroatoms. The SMILES string of the molecule is CC(NCCc1ccccn1)c1ccc(F)cc1O. The van der Waals surface area contributed by atoms with Gasteiger partial charge in [0.05, 0.1) is 0 Å². The standard InChI is InChI=1S/C15H17FN2O/c1-11(14-6-5-12(16)10-15(14)19)17-9-7-13-4-2-3-8-18-13/h2-6,8,10-11,17,19H,7,9H2,1H3. The normalized spacial score (nSPS) is 12.3. The molecule has 2 aromatic rings. The summed E-state index contributed by atoms with van der Waals surface area (Å²) in [5, 5.41) is 13.0. The van der Waals surface area contributed by atoms with Crippen LogP contribution in [0.25, 0.3) is 0 Å². The van der Waals surface area contributed by atoms with Gasteiger partial charge < -0.3 is 10.4 Å². The van der Waals surface area contributed by atoms with Crippen molar-refractivity contribution < 1.29 is 9.50 Å². The lowest BCUT2D eigenvalue weighted by Gasteiger charge is -2.15. The van der Waals surface area contributed by atoms with E-state index < -0.39 is 5.82 Å². The smallest absolute Gasteiger partial charge is 0.126 e. The van der Waals surface area contributed by atoms with Gasteiger partial charge in [0, 0.05) is 42.5 Å². The van der Waals surface area contributed by atoms with Crippen LogP contribution in [0.2, 0.25) is 0 Å². The molecule has 2 N–H and O–H groups in total. The predicted octanol–water partition coefficient (Wildman–Crippen LogP) is 2.82. The van der Waals surface area contributed by atoms with Crippen LogP contribution in [-0.4, -0.2) is 16.6 Å². The molecule has 1 heterocycles. The van der Waals surface area contributed by atoms with E-state index in [-0.39, 0.29) is 11.8 Å². The average molecular weight is 260 g/mol. The van der Waals surface area contributed by atoms with Crippen molar-refractivity contribution in [2.24, 2.45) is 0 Å². The van der Waals surface area contributed by atoms with Crippen LogP contribution in [0.3, 0.4) is 0 Å². The molecule has 3 nitrogen and oxygen atoms in total. The van der Waals surface area contributed by atoms with Gasteiger partial charge in [0.25, 0.3) is 0 Å². The van der Waals surface area contributed by atoms with Gasteiger partial charge in [0.1, 0.15) is 11.6 Å². The van der Waals surface area contributed by atoms with Crippen LogP contribution in [0.4, 0.5) is 4.39 Å². The second-order valence-corrected chi connectivity index (χ2v) is 4.45. The van der Waals surface area contributed by atoms with Crippen molar-refractivity contribution in [2.75, 3.05) is 6.54 Å². The Bertz CT molecular complexity index is 531. The van der Waals surface area contributed by atoms with E-state index in [0.29, 0.717) is 5.56 Å². The molecule has 0 saturated carbocycles. The van der Waals surface area contributed by atoms with Crippen molar-refractivity contribution in [3.05, 3.63) is 59.7 Å². The maximum atomic E-state index is 12.9. The topological polar surface area (TPSA) is 45.2 Å². The summed E-state index contributed by atoms with van der Waals surface area (Å²) >= 11 is 0. The number of benzene rings is 1. The molecule has 1 atom stereocenters. The number of aromatic hydroxyl groups is 1. The molecule has 19 heavy (non-hydrogen) atoms. The Hall–Kier alpha value is -1.94. The van der Waals surface area contributed by atoms with Crippen LogP contribution in [0.15, 0.2) is 42.6 Å². The highest BCUT2D eigenvalue weighted by Crippen LogP contribution is 2.24. The zero-order valence-corrected chi connectivity index (χ0v) is 10.8. The molecule has 1 unspecified atom stereocenters. The Balaban J connectivity index is 1.89. The number of halogens is 1. The number of phenolic OH excluding ortho intramolecular Hbond substituents is 1. The quantitative estimate of drug-likeness (QED) is 0.869. The molecule has 0 aliphatic carbocycles. The number of hydrogen-bond acceptors (Lipinski definition) is 3. The summed E-state index contributed by atoms with van der Waals surface area (Å²) in [6, 6.07) is 9.86. The van der Waals surface area contributed by atoms with E-state index in [4.69, 9.17) is 0 Å². The van der Waals surface area contributed by atoms with Gasteiger partial charge in [0.15, 0.2) is 0 Å². The van der Waals surface area contributed by atoms with Crippen LogP contribution in [0, 0.1) is 5.82 Å². The van der Waals surface area contributed by atoms with E-state index in [2.05, 4.69) is 10.3 Å². The predicted molar refractivity (Wildman–Crippen MR) is 72.4 cm³/mol. The van der Waals surface area contributed by atoms with Gasteiger partial charge in [-0.15, -0.1) is 0 Å². The van der Waals surface area contributed by atoms with Crippen LogP contribution in [-0.2, 0) is 6.42 Å². The molecule has 1 aromatic heterocycles. The summed E-state index contributed by atoms with van der Waals surface area (Å²) in [7, 11) is 0. The summed E-state index contributed by atoms with van der Waals surface area (Å²) in [5.74, 6) is -0.445. The van der Waals surface area contributed by atoms with Gasteiger partial charge in [0.2, 0.25) is 0 Å². The maximum absolute atomic E-state index is 12.9. The Kier molecular flexibility index (Phi) is 4.47. The molecule has 1 aromatic carbocycles. The first-order valence-electron chi connectivity index (χ1n) is 6.28. The minimum Gasteiger partial charge on any atom is -0.508 e. The largest absolute Gasteiger partial charge is 0.508 e. The fourth-order valence-corrected chi connectivity index (χ4v) is 1.96. The average Bonchev–Trinajstić information content (AvgIpc) is 2.39. The van der Waals surface area contributed by atoms with Gasteiger partial charge in [-0.2, -0.15) is 0 Å². The molecule has 0 aliphatic rings. The Morgan fingerprint density at radius 3 is 2.84 bits per heavy atom. The van der Waals surface area contributed by atoms with Gasteiger partial charge in [-0.3, -0.25) is 4.98 Å². The van der Waals surface area contributed by atoms with Crippen molar-refractivity contribution in [3.8, 4) is 5.75 Å². The van der Waals surface area contributed by atoms with E-state index in [9.17, 15) is 9.50 Å². The highest BCUT2D eigenvalue weighted by molar-refractivity contribution is 5.34. The molecule has 0 radical (unpaired) electrons. The molecule has 0 bridgehead atoms. The third-order valence-corrected chi connectivity index (χ3v) is 3.02. The van der Waals surface area contributed by atoms with Gasteiger partial charge >= 0.3 is 0 Å². The van der Waals surface area contributed by atoms with Crippen molar-refractivity contribution in [2.45, 2.75) is 19.4 Å². The zero-order chi connectivity index (χ0) is 13.7. The highest BCUT2D eigenvalue weighted by atomic mass is 19.1. The van der Waals surface area contributed by atoms with E-state index in [1.807, 2.05) is 25.1 Å². The molecule has 0 spiro atoms. The third-order valence-electron chi connectivity index (χ3n) is 3.02.